The molecule has 0 bridgehead atoms. The Labute approximate surface area is 189 Å². The highest BCUT2D eigenvalue weighted by Crippen LogP contribution is 2.46. The van der Waals surface area contributed by atoms with Gasteiger partial charge in [0, 0.05) is 11.8 Å². The van der Waals surface area contributed by atoms with Crippen molar-refractivity contribution in [2.24, 2.45) is 11.3 Å². The molecule has 0 amide bonds. The Morgan fingerprint density at radius 1 is 1.16 bits per heavy atom. The second-order valence-electron chi connectivity index (χ2n) is 9.59. The maximum Gasteiger partial charge on any atom is 0.0702 e. The first-order valence-electron chi connectivity index (χ1n) is 12.2. The summed E-state index contributed by atoms with van der Waals surface area (Å²) < 4.78 is 0. The zero-order valence-corrected chi connectivity index (χ0v) is 19.4. The van der Waals surface area contributed by atoms with Crippen molar-refractivity contribution in [1.29, 1.82) is 5.26 Å². The van der Waals surface area contributed by atoms with Gasteiger partial charge >= 0.3 is 0 Å². The summed E-state index contributed by atoms with van der Waals surface area (Å²) in [4.78, 5) is 4.70. The first-order valence-corrected chi connectivity index (χ1v) is 12.2. The van der Waals surface area contributed by atoms with Gasteiger partial charge in [0.05, 0.1) is 17.2 Å². The number of aromatic nitrogens is 1. The van der Waals surface area contributed by atoms with Gasteiger partial charge in [-0.05, 0) is 86.8 Å². The summed E-state index contributed by atoms with van der Waals surface area (Å²) in [5, 5.41) is 9.84. The van der Waals surface area contributed by atoms with E-state index in [0.29, 0.717) is 11.8 Å². The van der Waals surface area contributed by atoms with E-state index in [1.54, 1.807) is 0 Å². The van der Waals surface area contributed by atoms with Crippen LogP contribution in [0.3, 0.4) is 0 Å². The van der Waals surface area contributed by atoms with Gasteiger partial charge in [0.1, 0.15) is 0 Å². The van der Waals surface area contributed by atoms with Gasteiger partial charge in [0.25, 0.3) is 0 Å². The smallest absolute Gasteiger partial charge is 0.0702 e. The number of pyridine rings is 1. The van der Waals surface area contributed by atoms with Crippen LogP contribution >= 0.6 is 0 Å². The van der Waals surface area contributed by atoms with Crippen LogP contribution in [0, 0.1) is 22.7 Å². The monoisotopic (exact) mass is 414 g/mol. The molecule has 0 saturated heterocycles. The molecule has 0 aliphatic heterocycles. The summed E-state index contributed by atoms with van der Waals surface area (Å²) >= 11 is 0. The van der Waals surface area contributed by atoms with Crippen molar-refractivity contribution in [2.75, 3.05) is 0 Å². The van der Waals surface area contributed by atoms with Gasteiger partial charge in [-0.1, -0.05) is 56.7 Å². The fourth-order valence-corrected chi connectivity index (χ4v) is 4.96. The average molecular weight is 415 g/mol. The Hall–Kier alpha value is -2.40. The van der Waals surface area contributed by atoms with Crippen LogP contribution in [-0.4, -0.2) is 4.98 Å². The minimum absolute atomic E-state index is 0.0940. The summed E-state index contributed by atoms with van der Waals surface area (Å²) in [6.45, 7) is 8.30. The van der Waals surface area contributed by atoms with Gasteiger partial charge in [-0.15, -0.1) is 6.58 Å². The minimum Gasteiger partial charge on any atom is -0.256 e. The van der Waals surface area contributed by atoms with Gasteiger partial charge in [-0.3, -0.25) is 4.98 Å². The Kier molecular flexibility index (Phi) is 8.47. The van der Waals surface area contributed by atoms with Crippen LogP contribution in [0.25, 0.3) is 11.3 Å². The highest BCUT2D eigenvalue weighted by atomic mass is 14.7. The van der Waals surface area contributed by atoms with Crippen LogP contribution in [0.15, 0.2) is 55.3 Å². The van der Waals surface area contributed by atoms with Gasteiger partial charge in [-0.25, -0.2) is 0 Å². The Bertz CT molecular complexity index is 849. The Morgan fingerprint density at radius 3 is 2.48 bits per heavy atom. The standard InChI is InChI=1S/C29H38N2/c1-4-6-7-8-9-24-10-15-28(31-21-24)27-13-11-25(12-14-27)26-16-18-29(22-30,19-17-26)20-23(3)5-2/h4,10-15,21,23,26H,1,5-9,16-20H2,2-3H3/t23-,26-,29-/m0/s1. The number of unbranched alkanes of at least 4 members (excludes halogenated alkanes) is 2. The predicted molar refractivity (Wildman–Crippen MR) is 131 cm³/mol. The molecule has 0 radical (unpaired) electrons. The lowest BCUT2D eigenvalue weighted by Gasteiger charge is -2.36. The summed E-state index contributed by atoms with van der Waals surface area (Å²) in [5.41, 5.74) is 4.86. The molecule has 164 valence electrons. The number of benzene rings is 1. The highest BCUT2D eigenvalue weighted by Gasteiger charge is 2.36. The molecule has 1 aromatic heterocycles. The fraction of sp³-hybridized carbons (Fsp3) is 0.517. The molecule has 0 N–H and O–H groups in total. The van der Waals surface area contributed by atoms with Gasteiger partial charge < -0.3 is 0 Å². The zero-order valence-electron chi connectivity index (χ0n) is 19.4. The number of aryl methyl sites for hydroxylation is 1. The molecule has 1 saturated carbocycles. The SMILES string of the molecule is C=CCCCCc1ccc(-c2ccc([C@H]3CC[C@@](C#N)(C[C@@H](C)CC)CC3)cc2)nc1. The van der Waals surface area contributed by atoms with E-state index in [-0.39, 0.29) is 5.41 Å². The van der Waals surface area contributed by atoms with E-state index >= 15 is 0 Å². The fourth-order valence-electron chi connectivity index (χ4n) is 4.96. The summed E-state index contributed by atoms with van der Waals surface area (Å²) in [5.74, 6) is 1.22. The lowest BCUT2D eigenvalue weighted by Crippen LogP contribution is -2.27. The highest BCUT2D eigenvalue weighted by molar-refractivity contribution is 5.59. The van der Waals surface area contributed by atoms with E-state index in [2.05, 4.69) is 62.9 Å². The summed E-state index contributed by atoms with van der Waals surface area (Å²) in [7, 11) is 0. The number of allylic oxidation sites excluding steroid dienone is 1. The third kappa shape index (κ3) is 6.30. The van der Waals surface area contributed by atoms with Gasteiger partial charge in [0.15, 0.2) is 0 Å². The first-order chi connectivity index (χ1) is 15.1. The van der Waals surface area contributed by atoms with Crippen LogP contribution in [0.1, 0.15) is 88.7 Å². The van der Waals surface area contributed by atoms with Gasteiger partial charge in [0.2, 0.25) is 0 Å². The molecule has 1 heterocycles. The maximum absolute atomic E-state index is 9.84. The van der Waals surface area contributed by atoms with E-state index in [1.807, 2.05) is 12.3 Å². The average Bonchev–Trinajstić information content (AvgIpc) is 2.83. The number of nitrogens with zero attached hydrogens (tertiary/aromatic N) is 2. The molecule has 0 spiro atoms. The van der Waals surface area contributed by atoms with Crippen LogP contribution in [-0.2, 0) is 6.42 Å². The number of hydrogen-bond donors (Lipinski definition) is 0. The van der Waals surface area contributed by atoms with Gasteiger partial charge in [-0.2, -0.15) is 5.26 Å². The van der Waals surface area contributed by atoms with Crippen molar-refractivity contribution < 1.29 is 0 Å². The maximum atomic E-state index is 9.84. The van der Waals surface area contributed by atoms with E-state index < -0.39 is 0 Å². The zero-order chi connectivity index (χ0) is 22.1. The Morgan fingerprint density at radius 2 is 1.90 bits per heavy atom. The molecule has 1 atom stereocenters. The van der Waals surface area contributed by atoms with Crippen molar-refractivity contribution in [1.82, 2.24) is 4.98 Å². The largest absolute Gasteiger partial charge is 0.256 e. The van der Waals surface area contributed by atoms with Crippen molar-refractivity contribution in [3.05, 3.63) is 66.4 Å². The van der Waals surface area contributed by atoms with E-state index in [0.717, 1.165) is 50.6 Å². The Balaban J connectivity index is 1.57. The van der Waals surface area contributed by atoms with E-state index in [4.69, 9.17) is 4.98 Å². The summed E-state index contributed by atoms with van der Waals surface area (Å²) in [6.07, 6.45) is 15.1. The molecule has 2 aromatic rings. The quantitative estimate of drug-likeness (QED) is 0.290. The number of hydrogen-bond acceptors (Lipinski definition) is 2. The molecule has 2 heteroatoms. The minimum atomic E-state index is -0.0940. The van der Waals surface area contributed by atoms with Crippen molar-refractivity contribution in [3.63, 3.8) is 0 Å². The molecule has 1 aromatic carbocycles. The second kappa shape index (κ2) is 11.3. The van der Waals surface area contributed by atoms with E-state index in [9.17, 15) is 5.26 Å². The lowest BCUT2D eigenvalue weighted by molar-refractivity contribution is 0.198. The second-order valence-corrected chi connectivity index (χ2v) is 9.59. The predicted octanol–water partition coefficient (Wildman–Crippen LogP) is 8.25. The normalized spacial score (nSPS) is 21.9. The molecule has 2 nitrogen and oxygen atoms in total. The summed E-state index contributed by atoms with van der Waals surface area (Å²) in [6, 6.07) is 16.0. The van der Waals surface area contributed by atoms with E-state index in [1.165, 1.54) is 36.0 Å². The van der Waals surface area contributed by atoms with Crippen LogP contribution in [0.5, 0.6) is 0 Å². The molecule has 3 rings (SSSR count). The van der Waals surface area contributed by atoms with Crippen LogP contribution in [0.2, 0.25) is 0 Å². The van der Waals surface area contributed by atoms with Crippen LogP contribution in [0.4, 0.5) is 0 Å². The molecular weight excluding hydrogens is 376 g/mol. The third-order valence-corrected chi connectivity index (χ3v) is 7.24. The van der Waals surface area contributed by atoms with Crippen molar-refractivity contribution in [3.8, 4) is 17.3 Å². The molecule has 1 aliphatic rings. The number of nitriles is 1. The first kappa shape index (κ1) is 23.3. The van der Waals surface area contributed by atoms with Crippen LogP contribution < -0.4 is 0 Å². The molecule has 1 aliphatic carbocycles. The molecule has 31 heavy (non-hydrogen) atoms. The lowest BCUT2D eigenvalue weighted by atomic mass is 9.66. The van der Waals surface area contributed by atoms with Crippen molar-refractivity contribution >= 4 is 0 Å². The van der Waals surface area contributed by atoms with Crippen molar-refractivity contribution in [2.45, 2.75) is 84.0 Å². The molecule has 0 unspecified atom stereocenters. The molecule has 1 fully saturated rings. The third-order valence-electron chi connectivity index (χ3n) is 7.24. The number of rotatable bonds is 10. The topological polar surface area (TPSA) is 36.7 Å². The molecular formula is C29H38N2.